The molecule has 8 heteroatoms. The summed E-state index contributed by atoms with van der Waals surface area (Å²) in [6, 6.07) is 9.76. The molecule has 28 heavy (non-hydrogen) atoms. The first-order valence-corrected chi connectivity index (χ1v) is 8.54. The quantitative estimate of drug-likeness (QED) is 0.296. The van der Waals surface area contributed by atoms with Gasteiger partial charge in [-0.2, -0.15) is 8.78 Å². The van der Waals surface area contributed by atoms with E-state index in [0.29, 0.717) is 11.1 Å². The van der Waals surface area contributed by atoms with Crippen LogP contribution in [0.15, 0.2) is 48.5 Å². The molecule has 0 fully saturated rings. The van der Waals surface area contributed by atoms with Crippen LogP contribution >= 0.6 is 9.24 Å². The molecule has 0 aliphatic rings. The maximum Gasteiger partial charge on any atom is 0.430 e. The molecule has 1 atom stereocenters. The summed E-state index contributed by atoms with van der Waals surface area (Å²) in [5.74, 6) is -7.47. The first-order valence-electron chi connectivity index (χ1n) is 7.96. The molecule has 3 rings (SSSR count). The maximum absolute atomic E-state index is 14.5. The van der Waals surface area contributed by atoms with E-state index in [1.54, 1.807) is 24.3 Å². The lowest BCUT2D eigenvalue weighted by Gasteiger charge is -2.21. The van der Waals surface area contributed by atoms with Gasteiger partial charge in [-0.3, -0.25) is 0 Å². The topological polar surface area (TPSA) is 9.23 Å². The Morgan fingerprint density at radius 2 is 1.36 bits per heavy atom. The molecule has 0 aromatic heterocycles. The first-order chi connectivity index (χ1) is 13.1. The van der Waals surface area contributed by atoms with Crippen LogP contribution in [-0.4, -0.2) is 0 Å². The third-order valence-electron chi connectivity index (χ3n) is 4.00. The predicted octanol–water partition coefficient (Wildman–Crippen LogP) is 5.85. The van der Waals surface area contributed by atoms with Crippen molar-refractivity contribution in [2.45, 2.75) is 13.0 Å². The number of hydrogen-bond acceptors (Lipinski definition) is 1. The Hall–Kier alpha value is -2.53. The Morgan fingerprint density at radius 1 is 0.786 bits per heavy atom. The van der Waals surface area contributed by atoms with Crippen molar-refractivity contribution in [2.24, 2.45) is 0 Å². The molecule has 0 aliphatic carbocycles. The van der Waals surface area contributed by atoms with Crippen molar-refractivity contribution in [3.63, 3.8) is 0 Å². The van der Waals surface area contributed by atoms with E-state index in [1.165, 1.54) is 6.07 Å². The molecule has 0 aliphatic heterocycles. The molecule has 0 saturated carbocycles. The van der Waals surface area contributed by atoms with Crippen molar-refractivity contribution < 1.29 is 31.1 Å². The molecular formula is C20H13F6OP. The lowest BCUT2D eigenvalue weighted by Crippen LogP contribution is -2.29. The lowest BCUT2D eigenvalue weighted by atomic mass is 10.0. The average molecular weight is 414 g/mol. The van der Waals surface area contributed by atoms with Crippen molar-refractivity contribution in [3.05, 3.63) is 82.9 Å². The Bertz CT molecular complexity index is 987. The highest BCUT2D eigenvalue weighted by Gasteiger charge is 2.40. The van der Waals surface area contributed by atoms with E-state index in [9.17, 15) is 26.3 Å². The van der Waals surface area contributed by atoms with Crippen LogP contribution in [0.4, 0.5) is 26.3 Å². The summed E-state index contributed by atoms with van der Waals surface area (Å²) in [7, 11) is 1.99. The van der Waals surface area contributed by atoms with Crippen LogP contribution in [-0.2, 0) is 6.11 Å². The van der Waals surface area contributed by atoms with E-state index >= 15 is 0 Å². The second-order valence-corrected chi connectivity index (χ2v) is 6.73. The van der Waals surface area contributed by atoms with Crippen LogP contribution in [0, 0.1) is 30.2 Å². The van der Waals surface area contributed by atoms with Gasteiger partial charge in [-0.25, -0.2) is 17.6 Å². The normalized spacial score (nSPS) is 11.6. The Balaban J connectivity index is 1.99. The fourth-order valence-corrected chi connectivity index (χ4v) is 3.12. The summed E-state index contributed by atoms with van der Waals surface area (Å²) in [5.41, 5.74) is 0.844. The summed E-state index contributed by atoms with van der Waals surface area (Å²) in [5, 5.41) is -0.205. The minimum absolute atomic E-state index is 0.205. The van der Waals surface area contributed by atoms with E-state index in [-0.39, 0.29) is 17.4 Å². The minimum Gasteiger partial charge on any atom is -0.429 e. The minimum atomic E-state index is -4.26. The molecule has 0 N–H and O–H groups in total. The van der Waals surface area contributed by atoms with Crippen LogP contribution in [0.1, 0.15) is 11.1 Å². The number of rotatable bonds is 4. The van der Waals surface area contributed by atoms with Gasteiger partial charge in [0.2, 0.25) is 0 Å². The van der Waals surface area contributed by atoms with Gasteiger partial charge < -0.3 is 4.74 Å². The van der Waals surface area contributed by atoms with Crippen LogP contribution in [0.3, 0.4) is 0 Å². The molecular weight excluding hydrogens is 401 g/mol. The number of benzene rings is 3. The second-order valence-electron chi connectivity index (χ2n) is 6.11. The second kappa shape index (κ2) is 7.47. The SMILES string of the molecule is Cc1ccc(-c2cc(F)c(C(F)(F)Oc3cc(F)c(F)c(F)c3)c(P)c2)cc1. The van der Waals surface area contributed by atoms with Gasteiger partial charge in [-0.15, -0.1) is 9.24 Å². The van der Waals surface area contributed by atoms with E-state index < -0.39 is 40.7 Å². The van der Waals surface area contributed by atoms with Crippen molar-refractivity contribution in [1.29, 1.82) is 0 Å². The molecule has 0 heterocycles. The van der Waals surface area contributed by atoms with Crippen LogP contribution in [0.2, 0.25) is 0 Å². The van der Waals surface area contributed by atoms with Crippen molar-refractivity contribution >= 4 is 14.5 Å². The van der Waals surface area contributed by atoms with Gasteiger partial charge in [0, 0.05) is 12.1 Å². The molecule has 1 unspecified atom stereocenters. The molecule has 0 saturated heterocycles. The van der Waals surface area contributed by atoms with Gasteiger partial charge in [0.05, 0.1) is 0 Å². The third kappa shape index (κ3) is 3.99. The smallest absolute Gasteiger partial charge is 0.429 e. The van der Waals surface area contributed by atoms with Crippen LogP contribution in [0.5, 0.6) is 5.75 Å². The molecule has 0 spiro atoms. The number of alkyl halides is 2. The predicted molar refractivity (Wildman–Crippen MR) is 96.8 cm³/mol. The van der Waals surface area contributed by atoms with Gasteiger partial charge in [-0.05, 0) is 35.5 Å². The van der Waals surface area contributed by atoms with Gasteiger partial charge in [0.15, 0.2) is 17.5 Å². The monoisotopic (exact) mass is 414 g/mol. The standard InChI is InChI=1S/C20H13F6OP/c1-10-2-4-11(5-3-10)12-6-14(21)18(17(28)7-12)20(25,26)27-13-8-15(22)19(24)16(23)9-13/h2-9H,28H2,1H3. The highest BCUT2D eigenvalue weighted by Crippen LogP contribution is 2.35. The zero-order valence-corrected chi connectivity index (χ0v) is 15.5. The van der Waals surface area contributed by atoms with E-state index in [1.807, 2.05) is 16.2 Å². The van der Waals surface area contributed by atoms with Gasteiger partial charge in [0.25, 0.3) is 0 Å². The zero-order valence-electron chi connectivity index (χ0n) is 14.4. The van der Waals surface area contributed by atoms with Crippen LogP contribution < -0.4 is 10.0 Å². The average Bonchev–Trinajstić information content (AvgIpc) is 2.59. The van der Waals surface area contributed by atoms with Crippen molar-refractivity contribution in [2.75, 3.05) is 0 Å². The van der Waals surface area contributed by atoms with Gasteiger partial charge in [0.1, 0.15) is 17.1 Å². The molecule has 146 valence electrons. The number of halogens is 6. The zero-order chi connectivity index (χ0) is 20.6. The fraction of sp³-hybridized carbons (Fsp3) is 0.100. The van der Waals surface area contributed by atoms with Gasteiger partial charge >= 0.3 is 6.11 Å². The Morgan fingerprint density at radius 3 is 1.89 bits per heavy atom. The largest absolute Gasteiger partial charge is 0.430 e. The Kier molecular flexibility index (Phi) is 5.39. The number of hydrogen-bond donors (Lipinski definition) is 0. The molecule has 1 nitrogen and oxygen atoms in total. The highest BCUT2D eigenvalue weighted by atomic mass is 31.0. The fourth-order valence-electron chi connectivity index (χ4n) is 2.64. The molecule has 0 radical (unpaired) electrons. The van der Waals surface area contributed by atoms with Crippen molar-refractivity contribution in [1.82, 2.24) is 0 Å². The Labute approximate surface area is 159 Å². The van der Waals surface area contributed by atoms with Gasteiger partial charge in [-0.1, -0.05) is 29.8 Å². The van der Waals surface area contributed by atoms with Crippen LogP contribution in [0.25, 0.3) is 11.1 Å². The highest BCUT2D eigenvalue weighted by molar-refractivity contribution is 7.27. The molecule has 0 amide bonds. The van der Waals surface area contributed by atoms with E-state index in [0.717, 1.165) is 11.6 Å². The summed E-state index contributed by atoms with van der Waals surface area (Å²) in [4.78, 5) is 0. The summed E-state index contributed by atoms with van der Waals surface area (Å²) in [6.07, 6.45) is -4.26. The number of ether oxygens (including phenoxy) is 1. The molecule has 0 bridgehead atoms. The summed E-state index contributed by atoms with van der Waals surface area (Å²) >= 11 is 0. The lowest BCUT2D eigenvalue weighted by molar-refractivity contribution is -0.186. The van der Waals surface area contributed by atoms with E-state index in [2.05, 4.69) is 4.74 Å². The van der Waals surface area contributed by atoms with E-state index in [4.69, 9.17) is 0 Å². The summed E-state index contributed by atoms with van der Waals surface area (Å²) in [6.45, 7) is 1.87. The third-order valence-corrected chi connectivity index (χ3v) is 4.46. The molecule has 3 aromatic carbocycles. The van der Waals surface area contributed by atoms with Crippen molar-refractivity contribution in [3.8, 4) is 16.9 Å². The summed E-state index contributed by atoms with van der Waals surface area (Å²) < 4.78 is 87.2. The molecule has 3 aromatic rings. The maximum atomic E-state index is 14.5. The number of aryl methyl sites for hydroxylation is 1. The first kappa shape index (κ1) is 20.2.